The third kappa shape index (κ3) is 1.49. The third-order valence-electron chi connectivity index (χ3n) is 1.42. The number of rotatable bonds is 1. The van der Waals surface area contributed by atoms with Gasteiger partial charge < -0.3 is 5.11 Å². The Labute approximate surface area is 66.7 Å². The van der Waals surface area contributed by atoms with Crippen LogP contribution < -0.4 is 0 Å². The van der Waals surface area contributed by atoms with Gasteiger partial charge in [-0.3, -0.25) is 0 Å². The second-order valence-corrected chi connectivity index (χ2v) is 2.27. The van der Waals surface area contributed by atoms with Crippen LogP contribution in [0.2, 0.25) is 0 Å². The first-order valence-corrected chi connectivity index (χ1v) is 3.16. The van der Waals surface area contributed by atoms with Gasteiger partial charge in [-0.05, 0) is 13.0 Å². The molecule has 1 aromatic heterocycles. The first kappa shape index (κ1) is 8.83. The molecule has 1 rings (SSSR count). The molecule has 0 saturated heterocycles. The minimum absolute atomic E-state index is 0.111. The van der Waals surface area contributed by atoms with Crippen molar-refractivity contribution in [3.05, 3.63) is 23.3 Å². The van der Waals surface area contributed by atoms with Crippen LogP contribution in [0.5, 0.6) is 5.75 Å². The van der Waals surface area contributed by atoms with E-state index in [1.807, 2.05) is 0 Å². The minimum Gasteiger partial charge on any atom is -0.504 e. The average Bonchev–Trinajstić information content (AvgIpc) is 1.96. The fourth-order valence-corrected chi connectivity index (χ4v) is 0.801. The molecule has 0 aliphatic carbocycles. The van der Waals surface area contributed by atoms with Crippen molar-refractivity contribution in [2.75, 3.05) is 0 Å². The van der Waals surface area contributed by atoms with Crippen LogP contribution in [0.4, 0.5) is 13.2 Å². The summed E-state index contributed by atoms with van der Waals surface area (Å²) >= 11 is 0. The predicted molar refractivity (Wildman–Crippen MR) is 35.6 cm³/mol. The molecule has 0 saturated carbocycles. The van der Waals surface area contributed by atoms with Crippen LogP contribution in [0.1, 0.15) is 17.7 Å². The number of aromatic hydroxyl groups is 1. The summed E-state index contributed by atoms with van der Waals surface area (Å²) in [6.07, 6.45) is -2.75. The summed E-state index contributed by atoms with van der Waals surface area (Å²) in [7, 11) is 0. The molecule has 0 spiro atoms. The van der Waals surface area contributed by atoms with Crippen molar-refractivity contribution in [3.8, 4) is 5.75 Å². The number of hydrogen-bond acceptors (Lipinski definition) is 2. The van der Waals surface area contributed by atoms with Crippen LogP contribution >= 0.6 is 0 Å². The molecule has 0 unspecified atom stereocenters. The summed E-state index contributed by atoms with van der Waals surface area (Å²) < 4.78 is 36.5. The fraction of sp³-hybridized carbons (Fsp3) is 0.286. The fourth-order valence-electron chi connectivity index (χ4n) is 0.801. The SMILES string of the molecule is Cc1nc(F)c(O)cc1C(F)F. The van der Waals surface area contributed by atoms with Gasteiger partial charge in [-0.1, -0.05) is 0 Å². The van der Waals surface area contributed by atoms with Gasteiger partial charge in [-0.2, -0.15) is 4.39 Å². The second-order valence-electron chi connectivity index (χ2n) is 2.27. The summed E-state index contributed by atoms with van der Waals surface area (Å²) in [5.41, 5.74) is -0.561. The summed E-state index contributed by atoms with van der Waals surface area (Å²) in [6.45, 7) is 1.25. The van der Waals surface area contributed by atoms with Crippen LogP contribution in [0.15, 0.2) is 6.07 Å². The molecule has 0 amide bonds. The number of halogens is 3. The van der Waals surface area contributed by atoms with Crippen molar-refractivity contribution in [2.45, 2.75) is 13.3 Å². The second kappa shape index (κ2) is 3.00. The van der Waals surface area contributed by atoms with Gasteiger partial charge in [0.05, 0.1) is 0 Å². The molecule has 1 aromatic rings. The maximum atomic E-state index is 12.4. The number of aryl methyl sites for hydroxylation is 1. The van der Waals surface area contributed by atoms with Crippen molar-refractivity contribution in [1.29, 1.82) is 0 Å². The molecule has 12 heavy (non-hydrogen) atoms. The Balaban J connectivity index is 3.23. The summed E-state index contributed by atoms with van der Waals surface area (Å²) in [5, 5.41) is 8.70. The van der Waals surface area contributed by atoms with Crippen LogP contribution in [0, 0.1) is 12.9 Å². The molecule has 5 heteroatoms. The zero-order valence-corrected chi connectivity index (χ0v) is 6.18. The maximum absolute atomic E-state index is 12.4. The zero-order chi connectivity index (χ0) is 9.30. The highest BCUT2D eigenvalue weighted by Gasteiger charge is 2.15. The summed E-state index contributed by atoms with van der Waals surface area (Å²) in [6, 6.07) is 0.683. The number of nitrogens with zero attached hydrogens (tertiary/aromatic N) is 1. The monoisotopic (exact) mass is 177 g/mol. The van der Waals surface area contributed by atoms with Gasteiger partial charge in [0.25, 0.3) is 12.4 Å². The Kier molecular flexibility index (Phi) is 2.21. The van der Waals surface area contributed by atoms with Gasteiger partial charge >= 0.3 is 0 Å². The van der Waals surface area contributed by atoms with Gasteiger partial charge in [-0.15, -0.1) is 0 Å². The standard InChI is InChI=1S/C7H6F3NO/c1-3-4(6(8)9)2-5(12)7(10)11-3/h2,6,12H,1H3. The Morgan fingerprint density at radius 1 is 1.50 bits per heavy atom. The Bertz CT molecular complexity index is 301. The lowest BCUT2D eigenvalue weighted by Gasteiger charge is -2.04. The lowest BCUT2D eigenvalue weighted by molar-refractivity contribution is 0.149. The van der Waals surface area contributed by atoms with E-state index in [1.54, 1.807) is 0 Å². The van der Waals surface area contributed by atoms with Crippen molar-refractivity contribution < 1.29 is 18.3 Å². The molecular formula is C7H6F3NO. The van der Waals surface area contributed by atoms with Crippen molar-refractivity contribution in [2.24, 2.45) is 0 Å². The predicted octanol–water partition coefficient (Wildman–Crippen LogP) is 2.17. The highest BCUT2D eigenvalue weighted by Crippen LogP contribution is 2.25. The minimum atomic E-state index is -2.75. The average molecular weight is 177 g/mol. The van der Waals surface area contributed by atoms with Crippen LogP contribution in [-0.2, 0) is 0 Å². The van der Waals surface area contributed by atoms with E-state index in [0.29, 0.717) is 6.07 Å². The van der Waals surface area contributed by atoms with Gasteiger partial charge in [-0.25, -0.2) is 13.8 Å². The van der Waals surface area contributed by atoms with Crippen molar-refractivity contribution in [3.63, 3.8) is 0 Å². The molecule has 66 valence electrons. The molecule has 0 aliphatic heterocycles. The van der Waals surface area contributed by atoms with E-state index in [9.17, 15) is 13.2 Å². The molecule has 0 radical (unpaired) electrons. The largest absolute Gasteiger partial charge is 0.504 e. The van der Waals surface area contributed by atoms with E-state index in [2.05, 4.69) is 4.98 Å². The molecular weight excluding hydrogens is 171 g/mol. The normalized spacial score (nSPS) is 10.8. The van der Waals surface area contributed by atoms with Crippen molar-refractivity contribution >= 4 is 0 Å². The van der Waals surface area contributed by atoms with E-state index in [4.69, 9.17) is 5.11 Å². The number of alkyl halides is 2. The van der Waals surface area contributed by atoms with E-state index in [-0.39, 0.29) is 5.69 Å². The first-order valence-electron chi connectivity index (χ1n) is 3.16. The molecule has 1 heterocycles. The molecule has 0 fully saturated rings. The van der Waals surface area contributed by atoms with Gasteiger partial charge in [0.1, 0.15) is 0 Å². The number of aromatic nitrogens is 1. The van der Waals surface area contributed by atoms with Gasteiger partial charge in [0.15, 0.2) is 5.75 Å². The zero-order valence-electron chi connectivity index (χ0n) is 6.18. The van der Waals surface area contributed by atoms with Crippen LogP contribution in [0.25, 0.3) is 0 Å². The highest BCUT2D eigenvalue weighted by molar-refractivity contribution is 5.29. The summed E-state index contributed by atoms with van der Waals surface area (Å²) in [4.78, 5) is 3.10. The topological polar surface area (TPSA) is 33.1 Å². The molecule has 1 N–H and O–H groups in total. The smallest absolute Gasteiger partial charge is 0.265 e. The lowest BCUT2D eigenvalue weighted by atomic mass is 10.2. The van der Waals surface area contributed by atoms with Crippen LogP contribution in [0.3, 0.4) is 0 Å². The number of pyridine rings is 1. The van der Waals surface area contributed by atoms with E-state index in [1.165, 1.54) is 6.92 Å². The first-order chi connectivity index (χ1) is 5.52. The quantitative estimate of drug-likeness (QED) is 0.667. The Hall–Kier alpha value is -1.26. The molecule has 2 nitrogen and oxygen atoms in total. The van der Waals surface area contributed by atoms with E-state index >= 15 is 0 Å². The summed E-state index contributed by atoms with van der Waals surface area (Å²) in [5.74, 6) is -1.98. The maximum Gasteiger partial charge on any atom is 0.265 e. The Morgan fingerprint density at radius 2 is 2.08 bits per heavy atom. The van der Waals surface area contributed by atoms with Crippen LogP contribution in [-0.4, -0.2) is 10.1 Å². The van der Waals surface area contributed by atoms with Gasteiger partial charge in [0.2, 0.25) is 0 Å². The van der Waals surface area contributed by atoms with E-state index < -0.39 is 23.7 Å². The molecule has 0 atom stereocenters. The molecule has 0 aliphatic rings. The highest BCUT2D eigenvalue weighted by atomic mass is 19.3. The molecule has 0 aromatic carbocycles. The molecule has 0 bridgehead atoms. The van der Waals surface area contributed by atoms with E-state index in [0.717, 1.165) is 0 Å². The lowest BCUT2D eigenvalue weighted by Crippen LogP contribution is -1.95. The third-order valence-corrected chi connectivity index (χ3v) is 1.42. The Morgan fingerprint density at radius 3 is 2.58 bits per heavy atom. The van der Waals surface area contributed by atoms with Gasteiger partial charge in [0, 0.05) is 11.3 Å². The number of hydrogen-bond donors (Lipinski definition) is 1. The van der Waals surface area contributed by atoms with Crippen molar-refractivity contribution in [1.82, 2.24) is 4.98 Å².